The van der Waals surface area contributed by atoms with Crippen LogP contribution in [0.15, 0.2) is 18.2 Å². The Kier molecular flexibility index (Phi) is 11.8. The highest BCUT2D eigenvalue weighted by molar-refractivity contribution is 7.99. The lowest BCUT2D eigenvalue weighted by atomic mass is 10.1. The summed E-state index contributed by atoms with van der Waals surface area (Å²) in [7, 11) is 0. The molecule has 10 heteroatoms. The van der Waals surface area contributed by atoms with E-state index in [2.05, 4.69) is 10.6 Å². The standard InChI is InChI=1S/C22H33N3O5S2/c1-31-12-9-18(22(28)29)25-21(27)15-7-8-17(23)19(13-15)24-20(26)14-32-11-4-10-30-16-5-2-3-6-16/h7-8,13,16,18H,2-6,9-12,14,23H2,1H3,(H,24,26)(H,25,27)(H,28,29). The molecular weight excluding hydrogens is 450 g/mol. The summed E-state index contributed by atoms with van der Waals surface area (Å²) in [5.74, 6) is -0.100. The number of carbonyl (C=O) groups excluding carboxylic acids is 2. The van der Waals surface area contributed by atoms with Crippen molar-refractivity contribution in [2.75, 3.05) is 41.2 Å². The van der Waals surface area contributed by atoms with Crippen molar-refractivity contribution in [1.82, 2.24) is 5.32 Å². The zero-order chi connectivity index (χ0) is 23.3. The number of nitrogens with one attached hydrogen (secondary N) is 2. The van der Waals surface area contributed by atoms with Crippen molar-refractivity contribution in [3.8, 4) is 0 Å². The predicted molar refractivity (Wildman–Crippen MR) is 132 cm³/mol. The molecule has 0 heterocycles. The van der Waals surface area contributed by atoms with E-state index in [0.29, 0.717) is 29.7 Å². The molecule has 1 atom stereocenters. The average molecular weight is 484 g/mol. The van der Waals surface area contributed by atoms with E-state index >= 15 is 0 Å². The Balaban J connectivity index is 1.78. The monoisotopic (exact) mass is 483 g/mol. The maximum Gasteiger partial charge on any atom is 0.326 e. The summed E-state index contributed by atoms with van der Waals surface area (Å²) in [5, 5.41) is 14.5. The normalized spacial score (nSPS) is 14.8. The van der Waals surface area contributed by atoms with Crippen LogP contribution in [0.2, 0.25) is 0 Å². The Morgan fingerprint density at radius 2 is 2.00 bits per heavy atom. The number of amides is 2. The zero-order valence-electron chi connectivity index (χ0n) is 18.4. The number of benzene rings is 1. The number of nitrogens with two attached hydrogens (primary N) is 1. The first kappa shape index (κ1) is 26.3. The Morgan fingerprint density at radius 3 is 2.69 bits per heavy atom. The second-order valence-electron chi connectivity index (χ2n) is 7.68. The highest BCUT2D eigenvalue weighted by Crippen LogP contribution is 2.22. The molecule has 0 aromatic heterocycles. The van der Waals surface area contributed by atoms with Crippen LogP contribution < -0.4 is 16.4 Å². The van der Waals surface area contributed by atoms with Gasteiger partial charge in [0.1, 0.15) is 6.04 Å². The van der Waals surface area contributed by atoms with Crippen LogP contribution in [-0.2, 0) is 14.3 Å². The third-order valence-corrected chi connectivity index (χ3v) is 6.81. The first-order valence-electron chi connectivity index (χ1n) is 10.8. The van der Waals surface area contributed by atoms with Crippen LogP contribution in [0.5, 0.6) is 0 Å². The van der Waals surface area contributed by atoms with E-state index in [1.54, 1.807) is 0 Å². The number of thioether (sulfide) groups is 2. The zero-order valence-corrected chi connectivity index (χ0v) is 20.1. The molecule has 1 fully saturated rings. The maximum absolute atomic E-state index is 12.5. The van der Waals surface area contributed by atoms with Gasteiger partial charge in [-0.2, -0.15) is 23.5 Å². The van der Waals surface area contributed by atoms with Gasteiger partial charge < -0.3 is 26.2 Å². The molecule has 1 aromatic rings. The molecule has 1 saturated carbocycles. The Bertz CT molecular complexity index is 772. The van der Waals surface area contributed by atoms with Gasteiger partial charge in [0.05, 0.1) is 23.2 Å². The molecule has 0 aliphatic heterocycles. The van der Waals surface area contributed by atoms with Crippen LogP contribution in [0.3, 0.4) is 0 Å². The van der Waals surface area contributed by atoms with Gasteiger partial charge in [-0.25, -0.2) is 4.79 Å². The number of hydrogen-bond acceptors (Lipinski definition) is 7. The number of ether oxygens (including phenoxy) is 1. The van der Waals surface area contributed by atoms with Crippen molar-refractivity contribution in [3.05, 3.63) is 23.8 Å². The summed E-state index contributed by atoms with van der Waals surface area (Å²) in [4.78, 5) is 36.1. The van der Waals surface area contributed by atoms with E-state index in [0.717, 1.165) is 31.6 Å². The van der Waals surface area contributed by atoms with E-state index in [9.17, 15) is 19.5 Å². The lowest BCUT2D eigenvalue weighted by molar-refractivity contribution is -0.139. The first-order valence-corrected chi connectivity index (χ1v) is 13.4. The molecule has 0 bridgehead atoms. The largest absolute Gasteiger partial charge is 0.480 e. The molecule has 0 saturated heterocycles. The summed E-state index contributed by atoms with van der Waals surface area (Å²) in [5.41, 5.74) is 6.85. The minimum absolute atomic E-state index is 0.209. The van der Waals surface area contributed by atoms with Gasteiger partial charge in [-0.1, -0.05) is 12.8 Å². The van der Waals surface area contributed by atoms with E-state index in [1.165, 1.54) is 54.6 Å². The molecule has 1 aromatic carbocycles. The van der Waals surface area contributed by atoms with Crippen LogP contribution in [-0.4, -0.2) is 65.2 Å². The second-order valence-corrected chi connectivity index (χ2v) is 9.77. The molecule has 1 aliphatic rings. The molecule has 0 spiro atoms. The van der Waals surface area contributed by atoms with Crippen molar-refractivity contribution in [3.63, 3.8) is 0 Å². The number of anilines is 2. The SMILES string of the molecule is CSCCC(NC(=O)c1ccc(N)c(NC(=O)CSCCCOC2CCCC2)c1)C(=O)O. The van der Waals surface area contributed by atoms with Gasteiger partial charge in [-0.3, -0.25) is 9.59 Å². The summed E-state index contributed by atoms with van der Waals surface area (Å²) in [6.07, 6.45) is 8.32. The number of carbonyl (C=O) groups is 3. The maximum atomic E-state index is 12.5. The first-order chi connectivity index (χ1) is 15.4. The van der Waals surface area contributed by atoms with Gasteiger partial charge in [0, 0.05) is 12.2 Å². The van der Waals surface area contributed by atoms with Gasteiger partial charge in [0.15, 0.2) is 0 Å². The van der Waals surface area contributed by atoms with E-state index in [-0.39, 0.29) is 17.2 Å². The third kappa shape index (κ3) is 9.30. The molecule has 0 radical (unpaired) electrons. The van der Waals surface area contributed by atoms with Gasteiger partial charge in [0.25, 0.3) is 5.91 Å². The predicted octanol–water partition coefficient (Wildman–Crippen LogP) is 3.23. The molecule has 2 amide bonds. The molecule has 2 rings (SSSR count). The fourth-order valence-corrected chi connectivity index (χ4v) is 4.55. The summed E-state index contributed by atoms with van der Waals surface area (Å²) < 4.78 is 5.81. The molecule has 8 nitrogen and oxygen atoms in total. The Labute approximate surface area is 197 Å². The Hall–Kier alpha value is -1.91. The minimum Gasteiger partial charge on any atom is -0.480 e. The lowest BCUT2D eigenvalue weighted by Crippen LogP contribution is -2.41. The molecular formula is C22H33N3O5S2. The van der Waals surface area contributed by atoms with Crippen molar-refractivity contribution in [1.29, 1.82) is 0 Å². The van der Waals surface area contributed by atoms with Crippen LogP contribution in [0.1, 0.15) is 48.9 Å². The van der Waals surface area contributed by atoms with Crippen LogP contribution in [0.4, 0.5) is 11.4 Å². The number of hydrogen-bond donors (Lipinski definition) is 4. The minimum atomic E-state index is -1.08. The van der Waals surface area contributed by atoms with Crippen LogP contribution in [0.25, 0.3) is 0 Å². The second kappa shape index (κ2) is 14.3. The van der Waals surface area contributed by atoms with E-state index in [4.69, 9.17) is 10.5 Å². The molecule has 178 valence electrons. The summed E-state index contributed by atoms with van der Waals surface area (Å²) in [6.45, 7) is 0.720. The third-order valence-electron chi connectivity index (χ3n) is 5.13. The van der Waals surface area contributed by atoms with Crippen molar-refractivity contribution < 1.29 is 24.2 Å². The van der Waals surface area contributed by atoms with Crippen molar-refractivity contribution in [2.24, 2.45) is 0 Å². The molecule has 32 heavy (non-hydrogen) atoms. The summed E-state index contributed by atoms with van der Waals surface area (Å²) >= 11 is 3.03. The average Bonchev–Trinajstić information content (AvgIpc) is 3.28. The fourth-order valence-electron chi connectivity index (χ4n) is 3.36. The number of nitrogen functional groups attached to an aromatic ring is 1. The number of aliphatic carboxylic acids is 1. The van der Waals surface area contributed by atoms with Gasteiger partial charge in [-0.15, -0.1) is 0 Å². The van der Waals surface area contributed by atoms with Gasteiger partial charge in [-0.05, 0) is 61.6 Å². The highest BCUT2D eigenvalue weighted by atomic mass is 32.2. The molecule has 1 aliphatic carbocycles. The number of carboxylic acid groups (broad SMARTS) is 1. The van der Waals surface area contributed by atoms with Crippen molar-refractivity contribution in [2.45, 2.75) is 50.7 Å². The number of carboxylic acids is 1. The Morgan fingerprint density at radius 1 is 1.25 bits per heavy atom. The van der Waals surface area contributed by atoms with Crippen LogP contribution in [0, 0.1) is 0 Å². The fraction of sp³-hybridized carbons (Fsp3) is 0.591. The number of rotatable bonds is 14. The quantitative estimate of drug-likeness (QED) is 0.234. The summed E-state index contributed by atoms with van der Waals surface area (Å²) in [6, 6.07) is 3.53. The molecule has 1 unspecified atom stereocenters. The smallest absolute Gasteiger partial charge is 0.326 e. The van der Waals surface area contributed by atoms with E-state index in [1.807, 2.05) is 6.26 Å². The van der Waals surface area contributed by atoms with Gasteiger partial charge in [0.2, 0.25) is 5.91 Å². The lowest BCUT2D eigenvalue weighted by Gasteiger charge is -2.15. The molecule has 5 N–H and O–H groups in total. The highest BCUT2D eigenvalue weighted by Gasteiger charge is 2.21. The van der Waals surface area contributed by atoms with Crippen LogP contribution >= 0.6 is 23.5 Å². The topological polar surface area (TPSA) is 131 Å². The van der Waals surface area contributed by atoms with Crippen molar-refractivity contribution >= 4 is 52.7 Å². The van der Waals surface area contributed by atoms with Gasteiger partial charge >= 0.3 is 5.97 Å². The van der Waals surface area contributed by atoms with E-state index < -0.39 is 17.9 Å².